The molecule has 9 heteroatoms. The molecule has 4 aromatic rings. The Hall–Kier alpha value is -4.14. The standard InChI is InChI=1S/C25H20F3N3O3/c1-13-7-6-10-20(14(13)2)31-24(33)18-11-16(12-21-22(18)29-15(3)34-21)30-23(32)17-8-4-5-9-19(17)25(26,27)28/h4-12H,1-3H3,(H,30,32)(H,31,33). The predicted octanol–water partition coefficient (Wildman–Crippen LogP) is 6.28. The highest BCUT2D eigenvalue weighted by Gasteiger charge is 2.35. The monoisotopic (exact) mass is 467 g/mol. The summed E-state index contributed by atoms with van der Waals surface area (Å²) in [5, 5.41) is 5.27. The molecular formula is C25H20F3N3O3. The molecule has 0 radical (unpaired) electrons. The molecule has 2 amide bonds. The second-order valence-corrected chi connectivity index (χ2v) is 7.80. The van der Waals surface area contributed by atoms with Crippen LogP contribution in [0.25, 0.3) is 11.1 Å². The number of oxazole rings is 1. The molecule has 0 aliphatic carbocycles. The number of hydrogen-bond acceptors (Lipinski definition) is 4. The van der Waals surface area contributed by atoms with Crippen molar-refractivity contribution < 1.29 is 27.2 Å². The maximum Gasteiger partial charge on any atom is 0.417 e. The van der Waals surface area contributed by atoms with Gasteiger partial charge in [0.15, 0.2) is 11.5 Å². The van der Waals surface area contributed by atoms with Crippen LogP contribution in [0.5, 0.6) is 0 Å². The summed E-state index contributed by atoms with van der Waals surface area (Å²) in [6.07, 6.45) is -4.70. The van der Waals surface area contributed by atoms with Crippen LogP contribution < -0.4 is 10.6 Å². The molecule has 0 fully saturated rings. The maximum atomic E-state index is 13.3. The molecule has 3 aromatic carbocycles. The van der Waals surface area contributed by atoms with Crippen molar-refractivity contribution >= 4 is 34.3 Å². The molecule has 1 heterocycles. The molecule has 0 bridgehead atoms. The molecule has 34 heavy (non-hydrogen) atoms. The number of carbonyl (C=O) groups is 2. The number of aromatic nitrogens is 1. The van der Waals surface area contributed by atoms with Crippen LogP contribution in [0.15, 0.2) is 59.0 Å². The van der Waals surface area contributed by atoms with Crippen LogP contribution in [-0.2, 0) is 6.18 Å². The smallest absolute Gasteiger partial charge is 0.417 e. The Morgan fingerprint density at radius 2 is 1.59 bits per heavy atom. The fourth-order valence-corrected chi connectivity index (χ4v) is 3.59. The first-order chi connectivity index (χ1) is 16.0. The Kier molecular flexibility index (Phi) is 5.87. The first-order valence-electron chi connectivity index (χ1n) is 10.3. The van der Waals surface area contributed by atoms with Crippen LogP contribution >= 0.6 is 0 Å². The highest BCUT2D eigenvalue weighted by atomic mass is 19.4. The first-order valence-corrected chi connectivity index (χ1v) is 10.3. The number of hydrogen-bond donors (Lipinski definition) is 2. The van der Waals surface area contributed by atoms with E-state index in [1.54, 1.807) is 13.0 Å². The molecule has 4 rings (SSSR count). The lowest BCUT2D eigenvalue weighted by molar-refractivity contribution is -0.137. The van der Waals surface area contributed by atoms with Crippen LogP contribution in [0.1, 0.15) is 43.3 Å². The summed E-state index contributed by atoms with van der Waals surface area (Å²) in [7, 11) is 0. The van der Waals surface area contributed by atoms with E-state index in [4.69, 9.17) is 4.42 Å². The highest BCUT2D eigenvalue weighted by Crippen LogP contribution is 2.33. The number of carbonyl (C=O) groups excluding carboxylic acids is 2. The van der Waals surface area contributed by atoms with Gasteiger partial charge in [-0.1, -0.05) is 24.3 Å². The second kappa shape index (κ2) is 8.66. The van der Waals surface area contributed by atoms with E-state index >= 15 is 0 Å². The average molecular weight is 467 g/mol. The van der Waals surface area contributed by atoms with Crippen molar-refractivity contribution in [2.45, 2.75) is 26.9 Å². The van der Waals surface area contributed by atoms with Crippen LogP contribution in [-0.4, -0.2) is 16.8 Å². The Bertz CT molecular complexity index is 1420. The topological polar surface area (TPSA) is 84.2 Å². The molecule has 6 nitrogen and oxygen atoms in total. The number of nitrogens with zero attached hydrogens (tertiary/aromatic N) is 1. The van der Waals surface area contributed by atoms with E-state index in [0.29, 0.717) is 11.6 Å². The molecule has 0 spiro atoms. The van der Waals surface area contributed by atoms with Crippen molar-refractivity contribution in [2.24, 2.45) is 0 Å². The number of nitrogens with one attached hydrogen (secondary N) is 2. The summed E-state index contributed by atoms with van der Waals surface area (Å²) < 4.78 is 45.6. The van der Waals surface area contributed by atoms with Gasteiger partial charge in [0.25, 0.3) is 11.8 Å². The van der Waals surface area contributed by atoms with Crippen molar-refractivity contribution in [2.75, 3.05) is 10.6 Å². The van der Waals surface area contributed by atoms with Gasteiger partial charge in [-0.25, -0.2) is 4.98 Å². The van der Waals surface area contributed by atoms with Crippen molar-refractivity contribution in [3.05, 3.63) is 88.3 Å². The van der Waals surface area contributed by atoms with Gasteiger partial charge in [0, 0.05) is 24.4 Å². The van der Waals surface area contributed by atoms with E-state index in [9.17, 15) is 22.8 Å². The third-order valence-electron chi connectivity index (χ3n) is 5.43. The minimum Gasteiger partial charge on any atom is -0.441 e. The third-order valence-corrected chi connectivity index (χ3v) is 5.43. The zero-order valence-electron chi connectivity index (χ0n) is 18.5. The van der Waals surface area contributed by atoms with Crippen molar-refractivity contribution in [3.63, 3.8) is 0 Å². The summed E-state index contributed by atoms with van der Waals surface area (Å²) in [6, 6.07) is 12.7. The molecular weight excluding hydrogens is 447 g/mol. The zero-order chi connectivity index (χ0) is 24.6. The lowest BCUT2D eigenvalue weighted by Gasteiger charge is -2.14. The molecule has 0 aliphatic heterocycles. The summed E-state index contributed by atoms with van der Waals surface area (Å²) in [5.41, 5.74) is 1.57. The number of fused-ring (bicyclic) bond motifs is 1. The number of rotatable bonds is 4. The van der Waals surface area contributed by atoms with Gasteiger partial charge >= 0.3 is 6.18 Å². The molecule has 0 unspecified atom stereocenters. The lowest BCUT2D eigenvalue weighted by Crippen LogP contribution is -2.19. The van der Waals surface area contributed by atoms with Gasteiger partial charge in [0.2, 0.25) is 0 Å². The highest BCUT2D eigenvalue weighted by molar-refractivity contribution is 6.14. The molecule has 174 valence electrons. The number of amides is 2. The van der Waals surface area contributed by atoms with Crippen LogP contribution in [0, 0.1) is 20.8 Å². The molecule has 0 aliphatic rings. The lowest BCUT2D eigenvalue weighted by atomic mass is 10.1. The summed E-state index contributed by atoms with van der Waals surface area (Å²) in [6.45, 7) is 5.39. The Balaban J connectivity index is 1.71. The number of anilines is 2. The Labute approximate surface area is 192 Å². The second-order valence-electron chi connectivity index (χ2n) is 7.80. The van der Waals surface area contributed by atoms with E-state index in [1.807, 2.05) is 26.0 Å². The van der Waals surface area contributed by atoms with Gasteiger partial charge in [-0.15, -0.1) is 0 Å². The van der Waals surface area contributed by atoms with Crippen LogP contribution in [0.2, 0.25) is 0 Å². The maximum absolute atomic E-state index is 13.3. The largest absolute Gasteiger partial charge is 0.441 e. The van der Waals surface area contributed by atoms with E-state index in [0.717, 1.165) is 23.3 Å². The van der Waals surface area contributed by atoms with E-state index in [-0.39, 0.29) is 22.4 Å². The summed E-state index contributed by atoms with van der Waals surface area (Å²) in [5.74, 6) is -1.18. The fraction of sp³-hybridized carbons (Fsp3) is 0.160. The quantitative estimate of drug-likeness (QED) is 0.370. The first kappa shape index (κ1) is 23.0. The Morgan fingerprint density at radius 1 is 0.882 bits per heavy atom. The summed E-state index contributed by atoms with van der Waals surface area (Å²) in [4.78, 5) is 30.1. The van der Waals surface area contributed by atoms with Gasteiger partial charge in [0.1, 0.15) is 5.52 Å². The zero-order valence-corrected chi connectivity index (χ0v) is 18.5. The van der Waals surface area contributed by atoms with Crippen molar-refractivity contribution in [1.29, 1.82) is 0 Å². The number of alkyl halides is 3. The molecule has 0 atom stereocenters. The summed E-state index contributed by atoms with van der Waals surface area (Å²) >= 11 is 0. The normalized spacial score (nSPS) is 11.5. The molecule has 1 aromatic heterocycles. The number of halogens is 3. The van der Waals surface area contributed by atoms with Gasteiger partial charge in [-0.2, -0.15) is 13.2 Å². The fourth-order valence-electron chi connectivity index (χ4n) is 3.59. The minimum atomic E-state index is -4.70. The van der Waals surface area contributed by atoms with E-state index < -0.39 is 29.1 Å². The number of benzene rings is 3. The Morgan fingerprint density at radius 3 is 2.32 bits per heavy atom. The number of aryl methyl sites for hydroxylation is 2. The molecule has 0 saturated carbocycles. The van der Waals surface area contributed by atoms with Crippen LogP contribution in [0.4, 0.5) is 24.5 Å². The van der Waals surface area contributed by atoms with Gasteiger partial charge in [-0.3, -0.25) is 9.59 Å². The predicted molar refractivity (Wildman–Crippen MR) is 122 cm³/mol. The van der Waals surface area contributed by atoms with E-state index in [2.05, 4.69) is 15.6 Å². The minimum absolute atomic E-state index is 0.0942. The van der Waals surface area contributed by atoms with Gasteiger partial charge < -0.3 is 15.1 Å². The SMILES string of the molecule is Cc1nc2c(C(=O)Nc3cccc(C)c3C)cc(NC(=O)c3ccccc3C(F)(F)F)cc2o1. The van der Waals surface area contributed by atoms with Crippen molar-refractivity contribution in [1.82, 2.24) is 4.98 Å². The van der Waals surface area contributed by atoms with Crippen LogP contribution in [0.3, 0.4) is 0 Å². The van der Waals surface area contributed by atoms with Crippen molar-refractivity contribution in [3.8, 4) is 0 Å². The average Bonchev–Trinajstić information content (AvgIpc) is 3.15. The molecule has 2 N–H and O–H groups in total. The third kappa shape index (κ3) is 4.50. The van der Waals surface area contributed by atoms with Gasteiger partial charge in [0.05, 0.1) is 16.7 Å². The molecule has 0 saturated heterocycles. The van der Waals surface area contributed by atoms with E-state index in [1.165, 1.54) is 24.3 Å². The van der Waals surface area contributed by atoms with Gasteiger partial charge in [-0.05, 0) is 49.2 Å².